The van der Waals surface area contributed by atoms with Crippen molar-refractivity contribution in [3.05, 3.63) is 112 Å². The number of hydrogen-bond acceptors (Lipinski definition) is 3. The smallest absolute Gasteiger partial charge is 0.263 e. The number of imidazole rings is 1. The first-order valence-electron chi connectivity index (χ1n) is 9.77. The molecule has 0 fully saturated rings. The van der Waals surface area contributed by atoms with E-state index in [1.54, 1.807) is 36.8 Å². The number of halogens is 1. The second-order valence-corrected chi connectivity index (χ2v) is 7.36. The van der Waals surface area contributed by atoms with Crippen LogP contribution in [0.25, 0.3) is 5.69 Å². The molecule has 2 aromatic heterocycles. The van der Waals surface area contributed by atoms with Gasteiger partial charge in [0.15, 0.2) is 0 Å². The molecule has 4 rings (SSSR count). The standard InChI is InChI=1S/C24H21FN4O2/c1-16-12-20(9-10-22(16)29-13-17(2)26-15-29)27-23(30)21-4-3-11-28(24(21)31)14-18-5-7-19(25)8-6-18/h3-13,15H,14H2,1-2H3,(H,27,30). The van der Waals surface area contributed by atoms with Crippen molar-refractivity contribution < 1.29 is 9.18 Å². The number of pyridine rings is 1. The quantitative estimate of drug-likeness (QED) is 0.533. The summed E-state index contributed by atoms with van der Waals surface area (Å²) < 4.78 is 16.5. The summed E-state index contributed by atoms with van der Waals surface area (Å²) in [4.78, 5) is 29.8. The molecule has 1 amide bonds. The molecule has 4 aromatic rings. The molecule has 1 N–H and O–H groups in total. The lowest BCUT2D eigenvalue weighted by molar-refractivity contribution is 0.102. The molecule has 0 unspecified atom stereocenters. The van der Waals surface area contributed by atoms with E-state index in [0.29, 0.717) is 5.69 Å². The van der Waals surface area contributed by atoms with Gasteiger partial charge in [0.1, 0.15) is 11.4 Å². The number of anilines is 1. The number of benzene rings is 2. The lowest BCUT2D eigenvalue weighted by Crippen LogP contribution is -2.29. The monoisotopic (exact) mass is 416 g/mol. The van der Waals surface area contributed by atoms with E-state index in [2.05, 4.69) is 10.3 Å². The highest BCUT2D eigenvalue weighted by Crippen LogP contribution is 2.19. The van der Waals surface area contributed by atoms with Gasteiger partial charge < -0.3 is 14.5 Å². The van der Waals surface area contributed by atoms with Crippen molar-refractivity contribution >= 4 is 11.6 Å². The molecule has 0 saturated heterocycles. The largest absolute Gasteiger partial charge is 0.322 e. The van der Waals surface area contributed by atoms with Gasteiger partial charge >= 0.3 is 0 Å². The Kier molecular flexibility index (Phi) is 5.49. The van der Waals surface area contributed by atoms with Gasteiger partial charge in [0.05, 0.1) is 18.6 Å². The molecule has 0 radical (unpaired) electrons. The second-order valence-electron chi connectivity index (χ2n) is 7.36. The molecule has 0 aliphatic rings. The minimum absolute atomic E-state index is 0.0385. The average molecular weight is 416 g/mol. The van der Waals surface area contributed by atoms with Crippen LogP contribution in [-0.2, 0) is 6.54 Å². The highest BCUT2D eigenvalue weighted by Gasteiger charge is 2.13. The fraction of sp³-hybridized carbons (Fsp3) is 0.125. The molecule has 0 spiro atoms. The molecule has 6 nitrogen and oxygen atoms in total. The van der Waals surface area contributed by atoms with E-state index in [0.717, 1.165) is 22.5 Å². The van der Waals surface area contributed by atoms with Crippen LogP contribution in [0.2, 0.25) is 0 Å². The summed E-state index contributed by atoms with van der Waals surface area (Å²) >= 11 is 0. The maximum atomic E-state index is 13.1. The Hall–Kier alpha value is -4.00. The minimum Gasteiger partial charge on any atom is -0.322 e. The topological polar surface area (TPSA) is 68.9 Å². The van der Waals surface area contributed by atoms with Crippen LogP contribution in [0.5, 0.6) is 0 Å². The molecule has 2 aromatic carbocycles. The zero-order valence-electron chi connectivity index (χ0n) is 17.2. The van der Waals surface area contributed by atoms with E-state index in [-0.39, 0.29) is 17.9 Å². The number of hydrogen-bond donors (Lipinski definition) is 1. The van der Waals surface area contributed by atoms with E-state index in [4.69, 9.17) is 0 Å². The zero-order chi connectivity index (χ0) is 22.0. The van der Waals surface area contributed by atoms with Crippen molar-refractivity contribution in [1.29, 1.82) is 0 Å². The fourth-order valence-corrected chi connectivity index (χ4v) is 3.39. The summed E-state index contributed by atoms with van der Waals surface area (Å²) in [6.45, 7) is 4.11. The normalized spacial score (nSPS) is 10.8. The Morgan fingerprint density at radius 3 is 2.55 bits per heavy atom. The Morgan fingerprint density at radius 1 is 1.10 bits per heavy atom. The maximum absolute atomic E-state index is 13.1. The summed E-state index contributed by atoms with van der Waals surface area (Å²) in [7, 11) is 0. The SMILES string of the molecule is Cc1cn(-c2ccc(NC(=O)c3cccn(Cc4ccc(F)cc4)c3=O)cc2C)cn1. The second kappa shape index (κ2) is 8.39. The zero-order valence-corrected chi connectivity index (χ0v) is 17.2. The molecule has 156 valence electrons. The van der Waals surface area contributed by atoms with E-state index in [1.807, 2.05) is 36.7 Å². The molecule has 31 heavy (non-hydrogen) atoms. The summed E-state index contributed by atoms with van der Waals surface area (Å²) in [5, 5.41) is 2.80. The van der Waals surface area contributed by atoms with Crippen LogP contribution >= 0.6 is 0 Å². The first-order valence-corrected chi connectivity index (χ1v) is 9.77. The fourth-order valence-electron chi connectivity index (χ4n) is 3.39. The minimum atomic E-state index is -0.482. The van der Waals surface area contributed by atoms with Gasteiger partial charge in [-0.3, -0.25) is 9.59 Å². The van der Waals surface area contributed by atoms with Crippen molar-refractivity contribution in [2.24, 2.45) is 0 Å². The Bertz CT molecular complexity index is 1310. The van der Waals surface area contributed by atoms with Gasteiger partial charge in [-0.05, 0) is 67.4 Å². The van der Waals surface area contributed by atoms with Crippen LogP contribution in [0.3, 0.4) is 0 Å². The van der Waals surface area contributed by atoms with Gasteiger partial charge in [0, 0.05) is 23.8 Å². The Labute approximate surface area is 178 Å². The molecule has 0 saturated carbocycles. The molecule has 0 bridgehead atoms. The summed E-state index contributed by atoms with van der Waals surface area (Å²) in [5.41, 5.74) is 3.82. The van der Waals surface area contributed by atoms with Gasteiger partial charge in [-0.1, -0.05) is 12.1 Å². The Balaban J connectivity index is 1.54. The highest BCUT2D eigenvalue weighted by atomic mass is 19.1. The first kappa shape index (κ1) is 20.3. The van der Waals surface area contributed by atoms with E-state index < -0.39 is 11.5 Å². The molecule has 2 heterocycles. The third-order valence-corrected chi connectivity index (χ3v) is 4.98. The van der Waals surface area contributed by atoms with E-state index in [9.17, 15) is 14.0 Å². The lowest BCUT2D eigenvalue weighted by atomic mass is 10.1. The van der Waals surface area contributed by atoms with Crippen LogP contribution in [-0.4, -0.2) is 20.0 Å². The van der Waals surface area contributed by atoms with Crippen molar-refractivity contribution in [2.75, 3.05) is 5.32 Å². The average Bonchev–Trinajstić information content (AvgIpc) is 3.17. The van der Waals surface area contributed by atoms with Gasteiger partial charge in [0.2, 0.25) is 0 Å². The summed E-state index contributed by atoms with van der Waals surface area (Å²) in [5.74, 6) is -0.821. The number of amides is 1. The number of nitrogens with zero attached hydrogens (tertiary/aromatic N) is 3. The number of aryl methyl sites for hydroxylation is 2. The number of rotatable bonds is 5. The van der Waals surface area contributed by atoms with E-state index >= 15 is 0 Å². The lowest BCUT2D eigenvalue weighted by Gasteiger charge is -2.11. The Morgan fingerprint density at radius 2 is 1.87 bits per heavy atom. The predicted octanol–water partition coefficient (Wildman–Crippen LogP) is 4.09. The molecule has 0 aliphatic heterocycles. The third kappa shape index (κ3) is 4.45. The van der Waals surface area contributed by atoms with Crippen LogP contribution in [0.1, 0.15) is 27.2 Å². The molecular weight excluding hydrogens is 395 g/mol. The number of carbonyl (C=O) groups is 1. The van der Waals surface area contributed by atoms with Crippen LogP contribution < -0.4 is 10.9 Å². The molecule has 0 atom stereocenters. The number of aromatic nitrogens is 3. The molecule has 0 aliphatic carbocycles. The third-order valence-electron chi connectivity index (χ3n) is 4.98. The van der Waals surface area contributed by atoms with Crippen molar-refractivity contribution in [2.45, 2.75) is 20.4 Å². The van der Waals surface area contributed by atoms with Crippen LogP contribution in [0.4, 0.5) is 10.1 Å². The number of nitrogens with one attached hydrogen (secondary N) is 1. The van der Waals surface area contributed by atoms with Gasteiger partial charge in [-0.2, -0.15) is 0 Å². The van der Waals surface area contributed by atoms with Crippen molar-refractivity contribution in [1.82, 2.24) is 14.1 Å². The summed E-state index contributed by atoms with van der Waals surface area (Å²) in [6, 6.07) is 14.6. The van der Waals surface area contributed by atoms with Gasteiger partial charge in [-0.15, -0.1) is 0 Å². The predicted molar refractivity (Wildman–Crippen MR) is 117 cm³/mol. The van der Waals surface area contributed by atoms with Crippen LogP contribution in [0, 0.1) is 19.7 Å². The van der Waals surface area contributed by atoms with Gasteiger partial charge in [0.25, 0.3) is 11.5 Å². The van der Waals surface area contributed by atoms with Crippen molar-refractivity contribution in [3.63, 3.8) is 0 Å². The molecular formula is C24H21FN4O2. The first-order chi connectivity index (χ1) is 14.9. The van der Waals surface area contributed by atoms with E-state index in [1.165, 1.54) is 22.8 Å². The van der Waals surface area contributed by atoms with Gasteiger partial charge in [-0.25, -0.2) is 9.37 Å². The summed E-state index contributed by atoms with van der Waals surface area (Å²) in [6.07, 6.45) is 5.27. The van der Waals surface area contributed by atoms with Crippen molar-refractivity contribution in [3.8, 4) is 5.69 Å². The molecule has 7 heteroatoms. The van der Waals surface area contributed by atoms with Crippen LogP contribution in [0.15, 0.2) is 78.1 Å². The maximum Gasteiger partial charge on any atom is 0.263 e. The highest BCUT2D eigenvalue weighted by molar-refractivity contribution is 6.04. The number of carbonyl (C=O) groups excluding carboxylic acids is 1.